The summed E-state index contributed by atoms with van der Waals surface area (Å²) in [6.07, 6.45) is 3.47. The molecule has 1 aromatic carbocycles. The first-order chi connectivity index (χ1) is 13.4. The Morgan fingerprint density at radius 2 is 1.68 bits per heavy atom. The van der Waals surface area contributed by atoms with E-state index in [0.29, 0.717) is 19.1 Å². The van der Waals surface area contributed by atoms with Crippen LogP contribution in [0.2, 0.25) is 0 Å². The molecule has 2 heterocycles. The number of carbonyl (C=O) groups is 2. The molecule has 154 valence electrons. The number of benzene rings is 1. The highest BCUT2D eigenvalue weighted by Crippen LogP contribution is 2.18. The molecule has 0 aliphatic carbocycles. The van der Waals surface area contributed by atoms with Crippen LogP contribution in [0.4, 0.5) is 5.69 Å². The molecule has 28 heavy (non-hydrogen) atoms. The molecule has 2 saturated heterocycles. The molecule has 3 rings (SSSR count). The number of aryl methyl sites for hydroxylation is 1. The van der Waals surface area contributed by atoms with Crippen molar-refractivity contribution in [2.45, 2.75) is 46.1 Å². The molecule has 2 fully saturated rings. The van der Waals surface area contributed by atoms with Gasteiger partial charge in [-0.25, -0.2) is 0 Å². The molecule has 1 aromatic rings. The van der Waals surface area contributed by atoms with Crippen LogP contribution in [0.5, 0.6) is 0 Å². The molecular weight excluding hydrogens is 352 g/mol. The SMILES string of the molecule is Cc1cccc(NC(=O)CN2CCN(CC(=O)N3CCCC[C@H]3C)CC2)c1C. The zero-order valence-corrected chi connectivity index (χ0v) is 17.5. The number of rotatable bonds is 5. The van der Waals surface area contributed by atoms with Crippen molar-refractivity contribution in [3.8, 4) is 0 Å². The van der Waals surface area contributed by atoms with Gasteiger partial charge in [0.05, 0.1) is 13.1 Å². The molecule has 0 bridgehead atoms. The third-order valence-electron chi connectivity index (χ3n) is 6.19. The minimum Gasteiger partial charge on any atom is -0.339 e. The molecule has 6 heteroatoms. The summed E-state index contributed by atoms with van der Waals surface area (Å²) >= 11 is 0. The number of anilines is 1. The molecule has 2 aliphatic rings. The maximum atomic E-state index is 12.6. The first-order valence-electron chi connectivity index (χ1n) is 10.5. The summed E-state index contributed by atoms with van der Waals surface area (Å²) < 4.78 is 0. The zero-order chi connectivity index (χ0) is 20.1. The Morgan fingerprint density at radius 3 is 2.36 bits per heavy atom. The van der Waals surface area contributed by atoms with Crippen molar-refractivity contribution in [3.63, 3.8) is 0 Å². The average molecular weight is 387 g/mol. The highest BCUT2D eigenvalue weighted by Gasteiger charge is 2.26. The normalized spacial score (nSPS) is 21.5. The number of piperazine rings is 1. The van der Waals surface area contributed by atoms with Crippen LogP contribution in [-0.2, 0) is 9.59 Å². The van der Waals surface area contributed by atoms with Crippen LogP contribution < -0.4 is 5.32 Å². The quantitative estimate of drug-likeness (QED) is 0.843. The number of nitrogens with zero attached hydrogens (tertiary/aromatic N) is 3. The highest BCUT2D eigenvalue weighted by molar-refractivity contribution is 5.93. The lowest BCUT2D eigenvalue weighted by Gasteiger charge is -2.37. The highest BCUT2D eigenvalue weighted by atomic mass is 16.2. The van der Waals surface area contributed by atoms with Gasteiger partial charge in [-0.2, -0.15) is 0 Å². The Labute approximate surface area is 168 Å². The molecule has 0 spiro atoms. The van der Waals surface area contributed by atoms with Gasteiger partial charge in [0.2, 0.25) is 11.8 Å². The van der Waals surface area contributed by atoms with Crippen molar-refractivity contribution in [1.82, 2.24) is 14.7 Å². The van der Waals surface area contributed by atoms with Crippen LogP contribution >= 0.6 is 0 Å². The molecule has 0 aromatic heterocycles. The molecule has 0 radical (unpaired) electrons. The summed E-state index contributed by atoms with van der Waals surface area (Å²) in [4.78, 5) is 31.5. The summed E-state index contributed by atoms with van der Waals surface area (Å²) in [6.45, 7) is 11.4. The number of hydrogen-bond acceptors (Lipinski definition) is 4. The molecule has 1 atom stereocenters. The van der Waals surface area contributed by atoms with Gasteiger partial charge in [-0.05, 0) is 57.2 Å². The summed E-state index contributed by atoms with van der Waals surface area (Å²) in [7, 11) is 0. The molecule has 0 saturated carbocycles. The van der Waals surface area contributed by atoms with E-state index < -0.39 is 0 Å². The lowest BCUT2D eigenvalue weighted by Crippen LogP contribution is -2.53. The van der Waals surface area contributed by atoms with Crippen LogP contribution in [0.3, 0.4) is 0 Å². The monoisotopic (exact) mass is 386 g/mol. The summed E-state index contributed by atoms with van der Waals surface area (Å²) in [5, 5.41) is 3.03. The van der Waals surface area contributed by atoms with Gasteiger partial charge in [0.1, 0.15) is 0 Å². The minimum atomic E-state index is 0.0281. The van der Waals surface area contributed by atoms with Crippen molar-refractivity contribution < 1.29 is 9.59 Å². The van der Waals surface area contributed by atoms with Crippen molar-refractivity contribution in [2.75, 3.05) is 51.1 Å². The van der Waals surface area contributed by atoms with E-state index in [1.807, 2.05) is 24.0 Å². The molecule has 6 nitrogen and oxygen atoms in total. The van der Waals surface area contributed by atoms with Gasteiger partial charge in [-0.3, -0.25) is 19.4 Å². The predicted molar refractivity (Wildman–Crippen MR) is 112 cm³/mol. The number of likely N-dealkylation sites (tertiary alicyclic amines) is 1. The maximum Gasteiger partial charge on any atom is 0.238 e. The van der Waals surface area contributed by atoms with E-state index in [0.717, 1.165) is 56.8 Å². The van der Waals surface area contributed by atoms with Crippen LogP contribution in [0.15, 0.2) is 18.2 Å². The van der Waals surface area contributed by atoms with Gasteiger partial charge in [-0.15, -0.1) is 0 Å². The number of carbonyl (C=O) groups excluding carboxylic acids is 2. The van der Waals surface area contributed by atoms with E-state index in [1.54, 1.807) is 0 Å². The third kappa shape index (κ3) is 5.32. The van der Waals surface area contributed by atoms with E-state index in [1.165, 1.54) is 12.0 Å². The van der Waals surface area contributed by atoms with Gasteiger partial charge in [-0.1, -0.05) is 12.1 Å². The Bertz CT molecular complexity index is 698. The molecule has 2 aliphatic heterocycles. The summed E-state index contributed by atoms with van der Waals surface area (Å²) in [5.74, 6) is 0.286. The smallest absolute Gasteiger partial charge is 0.238 e. The van der Waals surface area contributed by atoms with E-state index >= 15 is 0 Å². The standard InChI is InChI=1S/C22H34N4O2/c1-17-7-6-9-20(19(17)3)23-21(27)15-24-11-13-25(14-12-24)16-22(28)26-10-5-4-8-18(26)2/h6-7,9,18H,4-5,8,10-16H2,1-3H3,(H,23,27)/t18-/m1/s1. The largest absolute Gasteiger partial charge is 0.339 e. The fourth-order valence-electron chi connectivity index (χ4n) is 4.14. The predicted octanol–water partition coefficient (Wildman–Crippen LogP) is 2.26. The van der Waals surface area contributed by atoms with Crippen molar-refractivity contribution in [1.29, 1.82) is 0 Å². The van der Waals surface area contributed by atoms with E-state index in [9.17, 15) is 9.59 Å². The third-order valence-corrected chi connectivity index (χ3v) is 6.19. The average Bonchev–Trinajstić information content (AvgIpc) is 2.67. The Hall–Kier alpha value is -1.92. The minimum absolute atomic E-state index is 0.0281. The van der Waals surface area contributed by atoms with E-state index in [2.05, 4.69) is 35.0 Å². The van der Waals surface area contributed by atoms with Crippen molar-refractivity contribution >= 4 is 17.5 Å². The van der Waals surface area contributed by atoms with Gasteiger partial charge in [0.25, 0.3) is 0 Å². The Morgan fingerprint density at radius 1 is 1.00 bits per heavy atom. The van der Waals surface area contributed by atoms with Crippen LogP contribution in [0.25, 0.3) is 0 Å². The Balaban J connectivity index is 1.42. The number of hydrogen-bond donors (Lipinski definition) is 1. The second-order valence-corrected chi connectivity index (χ2v) is 8.28. The molecular formula is C22H34N4O2. The number of nitrogens with one attached hydrogen (secondary N) is 1. The van der Waals surface area contributed by atoms with Gasteiger partial charge >= 0.3 is 0 Å². The lowest BCUT2D eigenvalue weighted by molar-refractivity contribution is -0.136. The fourth-order valence-corrected chi connectivity index (χ4v) is 4.14. The molecule has 2 amide bonds. The Kier molecular flexibility index (Phi) is 7.08. The van der Waals surface area contributed by atoms with Crippen molar-refractivity contribution in [3.05, 3.63) is 29.3 Å². The van der Waals surface area contributed by atoms with Crippen LogP contribution in [0.1, 0.15) is 37.3 Å². The lowest BCUT2D eigenvalue weighted by atomic mass is 10.0. The van der Waals surface area contributed by atoms with Gasteiger partial charge in [0.15, 0.2) is 0 Å². The van der Waals surface area contributed by atoms with E-state index in [-0.39, 0.29) is 11.8 Å². The van der Waals surface area contributed by atoms with Gasteiger partial charge in [0, 0.05) is 44.5 Å². The molecule has 0 unspecified atom stereocenters. The van der Waals surface area contributed by atoms with Crippen molar-refractivity contribution in [2.24, 2.45) is 0 Å². The summed E-state index contributed by atoms with van der Waals surface area (Å²) in [6, 6.07) is 6.34. The second-order valence-electron chi connectivity index (χ2n) is 8.28. The molecule has 1 N–H and O–H groups in total. The zero-order valence-electron chi connectivity index (χ0n) is 17.5. The van der Waals surface area contributed by atoms with Crippen LogP contribution in [-0.4, -0.2) is 78.4 Å². The first kappa shape index (κ1) is 20.8. The maximum absolute atomic E-state index is 12.6. The first-order valence-corrected chi connectivity index (χ1v) is 10.5. The fraction of sp³-hybridized carbons (Fsp3) is 0.636. The van der Waals surface area contributed by atoms with Gasteiger partial charge < -0.3 is 10.2 Å². The second kappa shape index (κ2) is 9.52. The van der Waals surface area contributed by atoms with Crippen LogP contribution in [0, 0.1) is 13.8 Å². The van der Waals surface area contributed by atoms with E-state index in [4.69, 9.17) is 0 Å². The summed E-state index contributed by atoms with van der Waals surface area (Å²) in [5.41, 5.74) is 3.19. The topological polar surface area (TPSA) is 55.9 Å². The number of amides is 2. The number of piperidine rings is 1.